The van der Waals surface area contributed by atoms with E-state index in [9.17, 15) is 19.2 Å². The van der Waals surface area contributed by atoms with Gasteiger partial charge in [-0.15, -0.1) is 0 Å². The monoisotopic (exact) mass is 402 g/mol. The van der Waals surface area contributed by atoms with Gasteiger partial charge in [-0.3, -0.25) is 19.2 Å². The number of nitrogens with one attached hydrogen (secondary N) is 2. The molecule has 2 aliphatic rings. The molecule has 1 aromatic carbocycles. The largest absolute Gasteiger partial charge is 0.378 e. The zero-order valence-corrected chi connectivity index (χ0v) is 16.5. The third kappa shape index (κ3) is 5.32. The summed E-state index contributed by atoms with van der Waals surface area (Å²) in [7, 11) is 0. The van der Waals surface area contributed by atoms with Gasteiger partial charge in [0.25, 0.3) is 5.91 Å². The van der Waals surface area contributed by atoms with Crippen LogP contribution in [-0.2, 0) is 19.1 Å². The van der Waals surface area contributed by atoms with Crippen molar-refractivity contribution in [1.29, 1.82) is 0 Å². The van der Waals surface area contributed by atoms with E-state index in [1.807, 2.05) is 0 Å². The molecule has 0 aromatic heterocycles. The summed E-state index contributed by atoms with van der Waals surface area (Å²) < 4.78 is 5.21. The SMILES string of the molecule is CC(NC(=O)CNC(=O)c1ccc(N2CCCC2=O)cc1)C(=O)N1CCOCC1. The molecule has 1 aromatic rings. The standard InChI is InChI=1S/C20H26N4O5/c1-14(20(28)23-9-11-29-12-10-23)22-17(25)13-21-19(27)15-4-6-16(7-5-15)24-8-2-3-18(24)26/h4-7,14H,2-3,8-13H2,1H3,(H,21,27)(H,22,25). The summed E-state index contributed by atoms with van der Waals surface area (Å²) in [6.45, 7) is 4.08. The molecule has 156 valence electrons. The van der Waals surface area contributed by atoms with E-state index in [0.29, 0.717) is 44.8 Å². The fraction of sp³-hybridized carbons (Fsp3) is 0.500. The van der Waals surface area contributed by atoms with E-state index >= 15 is 0 Å². The summed E-state index contributed by atoms with van der Waals surface area (Å²) in [5.74, 6) is -0.919. The smallest absolute Gasteiger partial charge is 0.251 e. The van der Waals surface area contributed by atoms with Gasteiger partial charge in [0.15, 0.2) is 0 Å². The molecule has 0 spiro atoms. The van der Waals surface area contributed by atoms with Gasteiger partial charge in [-0.2, -0.15) is 0 Å². The van der Waals surface area contributed by atoms with Crippen LogP contribution in [0.25, 0.3) is 0 Å². The number of hydrogen-bond donors (Lipinski definition) is 2. The average Bonchev–Trinajstić information content (AvgIpc) is 3.18. The number of benzene rings is 1. The summed E-state index contributed by atoms with van der Waals surface area (Å²) in [6, 6.07) is 6.02. The van der Waals surface area contributed by atoms with Gasteiger partial charge in [0.05, 0.1) is 19.8 Å². The van der Waals surface area contributed by atoms with Crippen molar-refractivity contribution in [2.75, 3.05) is 44.3 Å². The van der Waals surface area contributed by atoms with Crippen LogP contribution in [0.1, 0.15) is 30.1 Å². The number of anilines is 1. The lowest BCUT2D eigenvalue weighted by Crippen LogP contribution is -2.52. The first-order chi connectivity index (χ1) is 14.0. The molecule has 3 rings (SSSR count). The van der Waals surface area contributed by atoms with Crippen molar-refractivity contribution in [2.45, 2.75) is 25.8 Å². The number of carbonyl (C=O) groups excluding carboxylic acids is 4. The fourth-order valence-electron chi connectivity index (χ4n) is 3.39. The number of carbonyl (C=O) groups is 4. The zero-order valence-electron chi connectivity index (χ0n) is 16.5. The second-order valence-corrected chi connectivity index (χ2v) is 7.11. The molecule has 2 fully saturated rings. The Labute approximate surface area is 169 Å². The Morgan fingerprint density at radius 2 is 1.79 bits per heavy atom. The minimum absolute atomic E-state index is 0.0830. The summed E-state index contributed by atoms with van der Waals surface area (Å²) in [6.07, 6.45) is 1.38. The number of nitrogens with zero attached hydrogens (tertiary/aromatic N) is 2. The minimum Gasteiger partial charge on any atom is -0.378 e. The molecule has 2 saturated heterocycles. The molecule has 2 aliphatic heterocycles. The quantitative estimate of drug-likeness (QED) is 0.691. The molecule has 9 nitrogen and oxygen atoms in total. The van der Waals surface area contributed by atoms with E-state index in [0.717, 1.165) is 12.1 Å². The second kappa shape index (κ2) is 9.51. The predicted octanol–water partition coefficient (Wildman–Crippen LogP) is -0.0933. The van der Waals surface area contributed by atoms with Gasteiger partial charge in [-0.1, -0.05) is 0 Å². The first-order valence-corrected chi connectivity index (χ1v) is 9.80. The van der Waals surface area contributed by atoms with Crippen LogP contribution in [0.3, 0.4) is 0 Å². The molecule has 0 aliphatic carbocycles. The molecule has 29 heavy (non-hydrogen) atoms. The normalized spacial score (nSPS) is 17.8. The van der Waals surface area contributed by atoms with Crippen LogP contribution in [-0.4, -0.2) is 74.0 Å². The molecule has 0 radical (unpaired) electrons. The van der Waals surface area contributed by atoms with E-state index in [1.54, 1.807) is 41.0 Å². The van der Waals surface area contributed by atoms with Crippen LogP contribution < -0.4 is 15.5 Å². The van der Waals surface area contributed by atoms with Crippen LogP contribution in [0.4, 0.5) is 5.69 Å². The third-order valence-electron chi connectivity index (χ3n) is 4.99. The van der Waals surface area contributed by atoms with Gasteiger partial charge in [0.2, 0.25) is 17.7 Å². The first kappa shape index (κ1) is 20.8. The Morgan fingerprint density at radius 1 is 1.10 bits per heavy atom. The van der Waals surface area contributed by atoms with Gasteiger partial charge in [-0.25, -0.2) is 0 Å². The van der Waals surface area contributed by atoms with E-state index in [4.69, 9.17) is 4.74 Å². The molecule has 2 N–H and O–H groups in total. The molecule has 2 heterocycles. The van der Waals surface area contributed by atoms with Crippen LogP contribution in [0.15, 0.2) is 24.3 Å². The zero-order chi connectivity index (χ0) is 20.8. The lowest BCUT2D eigenvalue weighted by atomic mass is 10.2. The first-order valence-electron chi connectivity index (χ1n) is 9.80. The molecule has 4 amide bonds. The highest BCUT2D eigenvalue weighted by molar-refractivity contribution is 5.99. The van der Waals surface area contributed by atoms with E-state index in [-0.39, 0.29) is 18.4 Å². The highest BCUT2D eigenvalue weighted by atomic mass is 16.5. The Bertz CT molecular complexity index is 774. The topological polar surface area (TPSA) is 108 Å². The van der Waals surface area contributed by atoms with Gasteiger partial charge >= 0.3 is 0 Å². The number of rotatable bonds is 6. The Hall–Kier alpha value is -2.94. The van der Waals surface area contributed by atoms with Crippen molar-refractivity contribution in [2.24, 2.45) is 0 Å². The summed E-state index contributed by atoms with van der Waals surface area (Å²) in [5.41, 5.74) is 1.16. The Balaban J connectivity index is 1.45. The fourth-order valence-corrected chi connectivity index (χ4v) is 3.39. The lowest BCUT2D eigenvalue weighted by molar-refractivity contribution is -0.139. The van der Waals surface area contributed by atoms with E-state index in [1.165, 1.54) is 0 Å². The second-order valence-electron chi connectivity index (χ2n) is 7.11. The van der Waals surface area contributed by atoms with Crippen LogP contribution >= 0.6 is 0 Å². The number of amides is 4. The number of hydrogen-bond acceptors (Lipinski definition) is 5. The van der Waals surface area contributed by atoms with Gasteiger partial charge in [0.1, 0.15) is 6.04 Å². The third-order valence-corrected chi connectivity index (χ3v) is 4.99. The number of morpholine rings is 1. The predicted molar refractivity (Wildman–Crippen MR) is 105 cm³/mol. The van der Waals surface area contributed by atoms with E-state index < -0.39 is 17.9 Å². The van der Waals surface area contributed by atoms with Gasteiger partial charge in [0, 0.05) is 37.3 Å². The van der Waals surface area contributed by atoms with Crippen molar-refractivity contribution >= 4 is 29.3 Å². The number of ether oxygens (including phenoxy) is 1. The summed E-state index contributed by atoms with van der Waals surface area (Å²) >= 11 is 0. The molecule has 9 heteroatoms. The molecule has 1 atom stereocenters. The van der Waals surface area contributed by atoms with Crippen LogP contribution in [0.2, 0.25) is 0 Å². The maximum absolute atomic E-state index is 12.3. The van der Waals surface area contributed by atoms with Crippen molar-refractivity contribution in [3.63, 3.8) is 0 Å². The molecule has 1 unspecified atom stereocenters. The van der Waals surface area contributed by atoms with Crippen molar-refractivity contribution in [1.82, 2.24) is 15.5 Å². The Morgan fingerprint density at radius 3 is 2.41 bits per heavy atom. The van der Waals surface area contributed by atoms with Crippen LogP contribution in [0, 0.1) is 0 Å². The maximum Gasteiger partial charge on any atom is 0.251 e. The summed E-state index contributed by atoms with van der Waals surface area (Å²) in [5, 5.41) is 5.15. The maximum atomic E-state index is 12.3. The van der Waals surface area contributed by atoms with Gasteiger partial charge in [-0.05, 0) is 37.6 Å². The van der Waals surface area contributed by atoms with Crippen LogP contribution in [0.5, 0.6) is 0 Å². The van der Waals surface area contributed by atoms with Crippen molar-refractivity contribution < 1.29 is 23.9 Å². The van der Waals surface area contributed by atoms with Gasteiger partial charge < -0.3 is 25.2 Å². The molecule has 0 bridgehead atoms. The molecule has 0 saturated carbocycles. The highest BCUT2D eigenvalue weighted by Crippen LogP contribution is 2.21. The lowest BCUT2D eigenvalue weighted by Gasteiger charge is -2.29. The van der Waals surface area contributed by atoms with Crippen molar-refractivity contribution in [3.05, 3.63) is 29.8 Å². The van der Waals surface area contributed by atoms with E-state index in [2.05, 4.69) is 10.6 Å². The minimum atomic E-state index is -0.671. The Kier molecular flexibility index (Phi) is 6.82. The summed E-state index contributed by atoms with van der Waals surface area (Å²) in [4.78, 5) is 51.8. The average molecular weight is 402 g/mol. The molecular formula is C20H26N4O5. The highest BCUT2D eigenvalue weighted by Gasteiger charge is 2.24. The van der Waals surface area contributed by atoms with Crippen molar-refractivity contribution in [3.8, 4) is 0 Å². The molecular weight excluding hydrogens is 376 g/mol.